The number of thiophene rings is 2. The van der Waals surface area contributed by atoms with E-state index in [9.17, 15) is 4.79 Å². The van der Waals surface area contributed by atoms with E-state index in [1.165, 1.54) is 39.3 Å². The molecule has 0 saturated carbocycles. The van der Waals surface area contributed by atoms with Crippen LogP contribution in [-0.4, -0.2) is 39.4 Å². The lowest BCUT2D eigenvalue weighted by atomic mass is 10.2. The molecule has 0 aromatic carbocycles. The van der Waals surface area contributed by atoms with E-state index in [1.807, 2.05) is 5.38 Å². The first kappa shape index (κ1) is 20.1. The number of rotatable bonds is 7. The molecule has 2 N–H and O–H groups in total. The highest BCUT2D eigenvalue weighted by Gasteiger charge is 2.17. The largest absolute Gasteiger partial charge is 0.376 e. The van der Waals surface area contributed by atoms with Crippen LogP contribution in [0.3, 0.4) is 0 Å². The average molecular weight is 478 g/mol. The highest BCUT2D eigenvalue weighted by molar-refractivity contribution is 8.00. The van der Waals surface area contributed by atoms with Gasteiger partial charge in [-0.3, -0.25) is 4.79 Å². The van der Waals surface area contributed by atoms with Gasteiger partial charge in [0.2, 0.25) is 5.13 Å². The first-order valence-corrected chi connectivity index (χ1v) is 13.0. The predicted molar refractivity (Wildman–Crippen MR) is 125 cm³/mol. The maximum Gasteiger partial charge on any atom is 0.260 e. The zero-order valence-electron chi connectivity index (χ0n) is 16.1. The second kappa shape index (κ2) is 8.75. The van der Waals surface area contributed by atoms with Crippen LogP contribution in [0.15, 0.2) is 26.6 Å². The Morgan fingerprint density at radius 3 is 3.07 bits per heavy atom. The Hall–Kier alpha value is -1.79. The fourth-order valence-corrected chi connectivity index (χ4v) is 6.85. The van der Waals surface area contributed by atoms with Crippen molar-refractivity contribution >= 4 is 61.1 Å². The minimum absolute atomic E-state index is 0.0888. The van der Waals surface area contributed by atoms with Gasteiger partial charge in [-0.2, -0.15) is 0 Å². The van der Waals surface area contributed by atoms with Crippen molar-refractivity contribution < 1.29 is 4.74 Å². The molecule has 0 bridgehead atoms. The molecule has 0 spiro atoms. The second-order valence-corrected chi connectivity index (χ2v) is 11.3. The zero-order chi connectivity index (χ0) is 20.5. The van der Waals surface area contributed by atoms with Crippen molar-refractivity contribution in [1.82, 2.24) is 20.2 Å². The average Bonchev–Trinajstić information content (AvgIpc) is 3.51. The van der Waals surface area contributed by atoms with Crippen molar-refractivity contribution in [1.29, 1.82) is 0 Å². The molecular weight excluding hydrogens is 459 g/mol. The van der Waals surface area contributed by atoms with Crippen LogP contribution in [-0.2, 0) is 10.5 Å². The molecule has 11 heteroatoms. The molecule has 1 atom stereocenters. The second-order valence-electron chi connectivity index (χ2n) is 6.93. The maximum atomic E-state index is 12.7. The molecule has 5 rings (SSSR count). The van der Waals surface area contributed by atoms with E-state index in [0.717, 1.165) is 50.7 Å². The minimum atomic E-state index is -0.0888. The number of aromatic nitrogens is 4. The van der Waals surface area contributed by atoms with Gasteiger partial charge in [-0.15, -0.1) is 32.9 Å². The van der Waals surface area contributed by atoms with Crippen LogP contribution in [0.1, 0.15) is 23.5 Å². The summed E-state index contributed by atoms with van der Waals surface area (Å²) in [4.78, 5) is 23.5. The number of fused-ring (bicyclic) bond motifs is 1. The van der Waals surface area contributed by atoms with E-state index >= 15 is 0 Å². The van der Waals surface area contributed by atoms with Gasteiger partial charge >= 0.3 is 0 Å². The predicted octanol–water partition coefficient (Wildman–Crippen LogP) is 4.76. The Morgan fingerprint density at radius 2 is 2.27 bits per heavy atom. The minimum Gasteiger partial charge on any atom is -0.376 e. The van der Waals surface area contributed by atoms with E-state index < -0.39 is 0 Å². The van der Waals surface area contributed by atoms with Gasteiger partial charge in [0.25, 0.3) is 5.56 Å². The molecule has 156 valence electrons. The van der Waals surface area contributed by atoms with Crippen molar-refractivity contribution in [3.63, 3.8) is 0 Å². The van der Waals surface area contributed by atoms with Gasteiger partial charge in [0.05, 0.1) is 17.2 Å². The summed E-state index contributed by atoms with van der Waals surface area (Å²) in [5.41, 5.74) is 0.876. The van der Waals surface area contributed by atoms with Crippen molar-refractivity contribution in [2.45, 2.75) is 36.0 Å². The Balaban J connectivity index is 1.26. The molecule has 7 nitrogen and oxygen atoms in total. The monoisotopic (exact) mass is 477 g/mol. The molecule has 1 aliphatic heterocycles. The number of thioether (sulfide) groups is 1. The standard InChI is InChI=1S/C19H19N5O2S4/c1-10-4-5-13(29-10)12-8-27-17-15(12)16(25)21-14(22-17)9-28-19-24-23-18(30-19)20-7-11-3-2-6-26-11/h4-5,8,11H,2-3,6-7,9H2,1H3,(H,20,23)(H,21,22,25). The van der Waals surface area contributed by atoms with E-state index in [1.54, 1.807) is 11.3 Å². The highest BCUT2D eigenvalue weighted by Crippen LogP contribution is 2.35. The molecule has 0 aliphatic carbocycles. The molecule has 0 amide bonds. The topological polar surface area (TPSA) is 92.8 Å². The summed E-state index contributed by atoms with van der Waals surface area (Å²) in [5, 5.41) is 15.2. The van der Waals surface area contributed by atoms with Gasteiger partial charge in [-0.1, -0.05) is 23.1 Å². The van der Waals surface area contributed by atoms with Crippen LogP contribution in [0, 0.1) is 6.92 Å². The molecule has 1 aliphatic rings. The van der Waals surface area contributed by atoms with E-state index in [4.69, 9.17) is 4.74 Å². The Morgan fingerprint density at radius 1 is 1.33 bits per heavy atom. The molecule has 1 fully saturated rings. The quantitative estimate of drug-likeness (QED) is 0.371. The molecule has 4 aromatic rings. The number of ether oxygens (including phenoxy) is 1. The zero-order valence-corrected chi connectivity index (χ0v) is 19.4. The van der Waals surface area contributed by atoms with Gasteiger partial charge in [0.15, 0.2) is 4.34 Å². The fourth-order valence-electron chi connectivity index (χ4n) is 3.30. The fraction of sp³-hybridized carbons (Fsp3) is 0.368. The summed E-state index contributed by atoms with van der Waals surface area (Å²) in [6, 6.07) is 4.13. The van der Waals surface area contributed by atoms with Crippen LogP contribution in [0.2, 0.25) is 0 Å². The molecule has 0 radical (unpaired) electrons. The first-order chi connectivity index (χ1) is 14.7. The SMILES string of the molecule is Cc1ccc(-c2csc3nc(CSc4nnc(NCC5CCCO5)s4)[nH]c(=O)c23)s1. The highest BCUT2D eigenvalue weighted by atomic mass is 32.2. The Labute approximate surface area is 188 Å². The van der Waals surface area contributed by atoms with E-state index in [-0.39, 0.29) is 11.7 Å². The summed E-state index contributed by atoms with van der Waals surface area (Å²) in [6.45, 7) is 3.67. The third-order valence-corrected chi connectivity index (χ3v) is 8.67. The number of hydrogen-bond donors (Lipinski definition) is 2. The van der Waals surface area contributed by atoms with Gasteiger partial charge in [0.1, 0.15) is 10.7 Å². The van der Waals surface area contributed by atoms with Crippen molar-refractivity contribution in [3.05, 3.63) is 38.6 Å². The number of aryl methyl sites for hydroxylation is 1. The molecule has 1 saturated heterocycles. The third kappa shape index (κ3) is 4.30. The summed E-state index contributed by atoms with van der Waals surface area (Å²) in [7, 11) is 0. The summed E-state index contributed by atoms with van der Waals surface area (Å²) in [5.74, 6) is 1.19. The number of H-pyrrole nitrogens is 1. The van der Waals surface area contributed by atoms with Gasteiger partial charge in [-0.25, -0.2) is 4.98 Å². The third-order valence-electron chi connectivity index (χ3n) is 4.74. The first-order valence-electron chi connectivity index (χ1n) is 9.55. The van der Waals surface area contributed by atoms with Crippen molar-refractivity contribution in [2.75, 3.05) is 18.5 Å². The van der Waals surface area contributed by atoms with E-state index in [2.05, 4.69) is 44.5 Å². The maximum absolute atomic E-state index is 12.7. The lowest BCUT2D eigenvalue weighted by Crippen LogP contribution is -2.18. The molecular formula is C19H19N5O2S4. The Kier molecular flexibility index (Phi) is 5.87. The number of hydrogen-bond acceptors (Lipinski definition) is 10. The lowest BCUT2D eigenvalue weighted by Gasteiger charge is -2.08. The van der Waals surface area contributed by atoms with Crippen molar-refractivity contribution in [3.8, 4) is 10.4 Å². The summed E-state index contributed by atoms with van der Waals surface area (Å²) >= 11 is 6.23. The Bertz CT molecular complexity index is 1220. The van der Waals surface area contributed by atoms with Crippen LogP contribution < -0.4 is 10.9 Å². The van der Waals surface area contributed by atoms with Gasteiger partial charge in [-0.05, 0) is 31.9 Å². The number of anilines is 1. The van der Waals surface area contributed by atoms with Crippen LogP contribution in [0.5, 0.6) is 0 Å². The number of aromatic amines is 1. The van der Waals surface area contributed by atoms with Crippen LogP contribution in [0.25, 0.3) is 20.7 Å². The molecule has 30 heavy (non-hydrogen) atoms. The van der Waals surface area contributed by atoms with E-state index in [0.29, 0.717) is 17.0 Å². The van der Waals surface area contributed by atoms with Crippen LogP contribution in [0.4, 0.5) is 5.13 Å². The summed E-state index contributed by atoms with van der Waals surface area (Å²) in [6.07, 6.45) is 2.48. The van der Waals surface area contributed by atoms with Crippen molar-refractivity contribution in [2.24, 2.45) is 0 Å². The number of nitrogens with zero attached hydrogens (tertiary/aromatic N) is 3. The molecule has 5 heterocycles. The number of nitrogens with one attached hydrogen (secondary N) is 2. The van der Waals surface area contributed by atoms with Gasteiger partial charge < -0.3 is 15.0 Å². The smallest absolute Gasteiger partial charge is 0.260 e. The summed E-state index contributed by atoms with van der Waals surface area (Å²) < 4.78 is 6.45. The molecule has 4 aromatic heterocycles. The lowest BCUT2D eigenvalue weighted by molar-refractivity contribution is 0.120. The molecule has 1 unspecified atom stereocenters. The van der Waals surface area contributed by atoms with Crippen LogP contribution >= 0.6 is 45.8 Å². The van der Waals surface area contributed by atoms with Gasteiger partial charge in [0, 0.05) is 33.8 Å². The normalized spacial score (nSPS) is 16.5.